The Labute approximate surface area is 179 Å². The number of anilines is 1. The Morgan fingerprint density at radius 1 is 1.03 bits per heavy atom. The van der Waals surface area contributed by atoms with Crippen molar-refractivity contribution in [2.45, 2.75) is 19.9 Å². The van der Waals surface area contributed by atoms with Crippen molar-refractivity contribution in [3.63, 3.8) is 0 Å². The number of benzene rings is 2. The molecule has 1 aliphatic heterocycles. The highest BCUT2D eigenvalue weighted by Gasteiger charge is 2.43. The molecule has 2 aromatic rings. The van der Waals surface area contributed by atoms with Gasteiger partial charge in [-0.25, -0.2) is 4.79 Å². The van der Waals surface area contributed by atoms with Gasteiger partial charge in [-0.05, 0) is 55.8 Å². The number of aliphatic hydroxyl groups excluding tert-OH is 1. The molecule has 31 heavy (non-hydrogen) atoms. The van der Waals surface area contributed by atoms with Crippen LogP contribution in [0.1, 0.15) is 35.8 Å². The molecule has 162 valence electrons. The lowest BCUT2D eigenvalue weighted by Crippen LogP contribution is -2.31. The smallest absolute Gasteiger partial charge is 0.338 e. The van der Waals surface area contributed by atoms with Crippen molar-refractivity contribution in [3.8, 4) is 11.5 Å². The average molecular weight is 425 g/mol. The number of nitrogens with zero attached hydrogens (tertiary/aromatic N) is 1. The second-order valence-electron chi connectivity index (χ2n) is 6.78. The van der Waals surface area contributed by atoms with Crippen LogP contribution in [0.5, 0.6) is 11.5 Å². The van der Waals surface area contributed by atoms with Crippen molar-refractivity contribution in [1.82, 2.24) is 0 Å². The lowest BCUT2D eigenvalue weighted by Gasteiger charge is -2.27. The Hall–Kier alpha value is -3.81. The predicted molar refractivity (Wildman–Crippen MR) is 113 cm³/mol. The number of amides is 1. The van der Waals surface area contributed by atoms with Crippen LogP contribution in [0.25, 0.3) is 0 Å². The first kappa shape index (κ1) is 21.9. The van der Waals surface area contributed by atoms with Crippen LogP contribution in [-0.2, 0) is 14.3 Å². The molecule has 0 radical (unpaired) electrons. The van der Waals surface area contributed by atoms with Gasteiger partial charge in [-0.2, -0.15) is 0 Å². The molecule has 0 fully saturated rings. The predicted octanol–water partition coefficient (Wildman–Crippen LogP) is 3.37. The van der Waals surface area contributed by atoms with Crippen LogP contribution in [0.3, 0.4) is 0 Å². The second kappa shape index (κ2) is 8.91. The van der Waals surface area contributed by atoms with Crippen LogP contribution in [-0.4, -0.2) is 43.6 Å². The van der Waals surface area contributed by atoms with Crippen molar-refractivity contribution in [2.24, 2.45) is 0 Å². The first-order chi connectivity index (χ1) is 14.8. The van der Waals surface area contributed by atoms with E-state index < -0.39 is 29.5 Å². The van der Waals surface area contributed by atoms with Gasteiger partial charge in [0.2, 0.25) is 0 Å². The van der Waals surface area contributed by atoms with Gasteiger partial charge in [-0.3, -0.25) is 14.5 Å². The van der Waals surface area contributed by atoms with E-state index in [1.165, 1.54) is 38.2 Å². The van der Waals surface area contributed by atoms with Crippen LogP contribution in [0.15, 0.2) is 53.8 Å². The van der Waals surface area contributed by atoms with Crippen molar-refractivity contribution in [3.05, 3.63) is 64.9 Å². The molecular weight excluding hydrogens is 402 g/mol. The molecule has 0 bridgehead atoms. The Balaban J connectivity index is 2.10. The third-order valence-corrected chi connectivity index (χ3v) is 4.97. The molecule has 8 heteroatoms. The SMILES string of the molecule is CCOC(=O)c1ccc(N2C(=O)C(O)=C(C(C)=O)[C@@H]2c2ccc(OC)c(OC)c2)cc1. The molecule has 0 unspecified atom stereocenters. The van der Waals surface area contributed by atoms with Gasteiger partial charge >= 0.3 is 5.97 Å². The fourth-order valence-corrected chi connectivity index (χ4v) is 3.54. The zero-order valence-electron chi connectivity index (χ0n) is 17.7. The second-order valence-corrected chi connectivity index (χ2v) is 6.78. The van der Waals surface area contributed by atoms with Crippen LogP contribution in [0.2, 0.25) is 0 Å². The van der Waals surface area contributed by atoms with Crippen LogP contribution < -0.4 is 14.4 Å². The summed E-state index contributed by atoms with van der Waals surface area (Å²) in [6.07, 6.45) is 0. The highest BCUT2D eigenvalue weighted by Crippen LogP contribution is 2.43. The number of methoxy groups -OCH3 is 2. The van der Waals surface area contributed by atoms with Crippen LogP contribution in [0, 0.1) is 0 Å². The van der Waals surface area contributed by atoms with E-state index in [0.717, 1.165) is 0 Å². The molecule has 2 aromatic carbocycles. The molecule has 0 saturated carbocycles. The maximum Gasteiger partial charge on any atom is 0.338 e. The van der Waals surface area contributed by atoms with Gasteiger partial charge in [0.05, 0.1) is 38.0 Å². The molecule has 3 rings (SSSR count). The van der Waals surface area contributed by atoms with Gasteiger partial charge in [0, 0.05) is 5.69 Å². The molecular formula is C23H23NO7. The van der Waals surface area contributed by atoms with Crippen molar-refractivity contribution in [2.75, 3.05) is 25.7 Å². The molecule has 1 heterocycles. The normalized spacial score (nSPS) is 15.8. The third-order valence-electron chi connectivity index (χ3n) is 4.97. The zero-order chi connectivity index (χ0) is 22.7. The lowest BCUT2D eigenvalue weighted by molar-refractivity contribution is -0.117. The minimum absolute atomic E-state index is 0.0216. The van der Waals surface area contributed by atoms with E-state index in [0.29, 0.717) is 28.3 Å². The first-order valence-corrected chi connectivity index (χ1v) is 9.60. The monoisotopic (exact) mass is 425 g/mol. The largest absolute Gasteiger partial charge is 0.503 e. The number of Topliss-reactive ketones (excluding diaryl/α,β-unsaturated/α-hetero) is 1. The quantitative estimate of drug-likeness (QED) is 0.679. The van der Waals surface area contributed by atoms with Crippen molar-refractivity contribution in [1.29, 1.82) is 0 Å². The molecule has 1 atom stereocenters. The van der Waals surface area contributed by atoms with Crippen molar-refractivity contribution < 1.29 is 33.7 Å². The van der Waals surface area contributed by atoms with Crippen LogP contribution >= 0.6 is 0 Å². The van der Waals surface area contributed by atoms with Gasteiger partial charge < -0.3 is 19.3 Å². The summed E-state index contributed by atoms with van der Waals surface area (Å²) >= 11 is 0. The lowest BCUT2D eigenvalue weighted by atomic mass is 9.96. The highest BCUT2D eigenvalue weighted by molar-refractivity contribution is 6.16. The van der Waals surface area contributed by atoms with Gasteiger partial charge in [-0.1, -0.05) is 6.07 Å². The Morgan fingerprint density at radius 3 is 2.23 bits per heavy atom. The number of aliphatic hydroxyl groups is 1. The highest BCUT2D eigenvalue weighted by atomic mass is 16.5. The number of esters is 1. The molecule has 8 nitrogen and oxygen atoms in total. The summed E-state index contributed by atoms with van der Waals surface area (Å²) in [6.45, 7) is 3.24. The van der Waals surface area contributed by atoms with Gasteiger partial charge in [0.25, 0.3) is 5.91 Å². The summed E-state index contributed by atoms with van der Waals surface area (Å²) in [5.74, 6) is -1.34. The summed E-state index contributed by atoms with van der Waals surface area (Å²) in [6, 6.07) is 10.3. The summed E-state index contributed by atoms with van der Waals surface area (Å²) in [5, 5.41) is 10.5. The van der Waals surface area contributed by atoms with Gasteiger partial charge in [-0.15, -0.1) is 0 Å². The maximum absolute atomic E-state index is 12.9. The average Bonchev–Trinajstić information content (AvgIpc) is 3.04. The molecule has 1 N–H and O–H groups in total. The number of carbonyl (C=O) groups is 3. The number of ketones is 1. The molecule has 0 aliphatic carbocycles. The first-order valence-electron chi connectivity index (χ1n) is 9.60. The Kier molecular flexibility index (Phi) is 6.29. The van der Waals surface area contributed by atoms with E-state index in [1.54, 1.807) is 37.3 Å². The van der Waals surface area contributed by atoms with E-state index in [4.69, 9.17) is 14.2 Å². The van der Waals surface area contributed by atoms with E-state index in [1.807, 2.05) is 0 Å². The zero-order valence-corrected chi connectivity index (χ0v) is 17.7. The van der Waals surface area contributed by atoms with Gasteiger partial charge in [0.1, 0.15) is 0 Å². The number of ether oxygens (including phenoxy) is 3. The fraction of sp³-hybridized carbons (Fsp3) is 0.261. The number of hydrogen-bond acceptors (Lipinski definition) is 7. The molecule has 1 amide bonds. The van der Waals surface area contributed by atoms with Crippen LogP contribution in [0.4, 0.5) is 5.69 Å². The topological polar surface area (TPSA) is 102 Å². The maximum atomic E-state index is 12.9. The van der Waals surface area contributed by atoms with Gasteiger partial charge in [0.15, 0.2) is 23.0 Å². The standard InChI is InChI=1S/C23H23NO7/c1-5-31-23(28)14-6-9-16(10-7-14)24-20(19(13(2)25)21(26)22(24)27)15-8-11-17(29-3)18(12-15)30-4/h6-12,20,26H,5H2,1-4H3/t20-/m0/s1. The molecule has 1 aliphatic rings. The Bertz CT molecular complexity index is 1060. The van der Waals surface area contributed by atoms with E-state index in [2.05, 4.69) is 0 Å². The summed E-state index contributed by atoms with van der Waals surface area (Å²) in [7, 11) is 2.98. The minimum Gasteiger partial charge on any atom is -0.503 e. The third kappa shape index (κ3) is 3.96. The van der Waals surface area contributed by atoms with Crippen molar-refractivity contribution >= 4 is 23.3 Å². The van der Waals surface area contributed by atoms with E-state index in [-0.39, 0.29) is 12.2 Å². The molecule has 0 aromatic heterocycles. The summed E-state index contributed by atoms with van der Waals surface area (Å²) < 4.78 is 15.6. The number of carbonyl (C=O) groups excluding carboxylic acids is 3. The molecule has 0 spiro atoms. The summed E-state index contributed by atoms with van der Waals surface area (Å²) in [5.41, 5.74) is 1.26. The number of hydrogen-bond donors (Lipinski definition) is 1. The summed E-state index contributed by atoms with van der Waals surface area (Å²) in [4.78, 5) is 38.5. The number of rotatable bonds is 7. The Morgan fingerprint density at radius 2 is 1.68 bits per heavy atom. The fourth-order valence-electron chi connectivity index (χ4n) is 3.54. The molecule has 0 saturated heterocycles. The van der Waals surface area contributed by atoms with E-state index in [9.17, 15) is 19.5 Å². The van der Waals surface area contributed by atoms with E-state index >= 15 is 0 Å². The minimum atomic E-state index is -0.877.